The molecule has 2 aromatic carbocycles. The summed E-state index contributed by atoms with van der Waals surface area (Å²) in [6.07, 6.45) is 0.796. The molecule has 1 aromatic heterocycles. The predicted octanol–water partition coefficient (Wildman–Crippen LogP) is 2.64. The van der Waals surface area contributed by atoms with Crippen molar-refractivity contribution in [2.75, 3.05) is 0 Å². The summed E-state index contributed by atoms with van der Waals surface area (Å²) >= 11 is 1.18. The van der Waals surface area contributed by atoms with Gasteiger partial charge in [-0.15, -0.1) is 0 Å². The lowest BCUT2D eigenvalue weighted by atomic mass is 10.2. The van der Waals surface area contributed by atoms with Crippen LogP contribution in [0.2, 0.25) is 0 Å². The van der Waals surface area contributed by atoms with Gasteiger partial charge in [0.25, 0.3) is 5.91 Å². The fraction of sp³-hybridized carbons (Fsp3) is 0.176. The fourth-order valence-electron chi connectivity index (χ4n) is 2.53. The van der Waals surface area contributed by atoms with E-state index in [1.165, 1.54) is 41.7 Å². The third kappa shape index (κ3) is 3.74. The number of thiazole rings is 1. The predicted molar refractivity (Wildman–Crippen MR) is 97.8 cm³/mol. The summed E-state index contributed by atoms with van der Waals surface area (Å²) in [6, 6.07) is 9.85. The van der Waals surface area contributed by atoms with Crippen molar-refractivity contribution in [3.8, 4) is 0 Å². The van der Waals surface area contributed by atoms with Crippen LogP contribution in [-0.2, 0) is 16.6 Å². The van der Waals surface area contributed by atoms with Crippen LogP contribution in [0.3, 0.4) is 0 Å². The van der Waals surface area contributed by atoms with Gasteiger partial charge >= 0.3 is 0 Å². The van der Waals surface area contributed by atoms with E-state index in [2.05, 4.69) is 4.99 Å². The monoisotopic (exact) mass is 393 g/mol. The minimum atomic E-state index is -3.82. The average Bonchev–Trinajstić information content (AvgIpc) is 2.91. The van der Waals surface area contributed by atoms with Gasteiger partial charge in [0.05, 0.1) is 15.1 Å². The lowest BCUT2D eigenvalue weighted by Crippen LogP contribution is -2.17. The van der Waals surface area contributed by atoms with Gasteiger partial charge in [0, 0.05) is 12.1 Å². The number of amides is 1. The van der Waals surface area contributed by atoms with Crippen molar-refractivity contribution in [2.24, 2.45) is 10.1 Å². The van der Waals surface area contributed by atoms with Crippen LogP contribution in [0.25, 0.3) is 10.2 Å². The molecule has 0 aliphatic carbocycles. The van der Waals surface area contributed by atoms with E-state index in [0.717, 1.165) is 18.0 Å². The normalized spacial score (nSPS) is 12.7. The summed E-state index contributed by atoms with van der Waals surface area (Å²) in [7, 11) is -3.82. The van der Waals surface area contributed by atoms with Crippen LogP contribution >= 0.6 is 11.3 Å². The molecule has 26 heavy (non-hydrogen) atoms. The Kier molecular flexibility index (Phi) is 5.03. The smallest absolute Gasteiger partial charge is 0.279 e. The zero-order valence-electron chi connectivity index (χ0n) is 13.8. The van der Waals surface area contributed by atoms with Crippen LogP contribution in [0.5, 0.6) is 0 Å². The first-order valence-corrected chi connectivity index (χ1v) is 10.2. The molecule has 0 atom stereocenters. The van der Waals surface area contributed by atoms with Gasteiger partial charge in [0.2, 0.25) is 10.0 Å². The van der Waals surface area contributed by atoms with Gasteiger partial charge < -0.3 is 4.57 Å². The second-order valence-electron chi connectivity index (χ2n) is 5.64. The Morgan fingerprint density at radius 1 is 1.27 bits per heavy atom. The molecule has 0 saturated heterocycles. The number of carbonyl (C=O) groups excluding carboxylic acids is 1. The van der Waals surface area contributed by atoms with Crippen LogP contribution in [0.4, 0.5) is 4.39 Å². The highest BCUT2D eigenvalue weighted by Crippen LogP contribution is 2.21. The summed E-state index contributed by atoms with van der Waals surface area (Å²) < 4.78 is 38.9. The van der Waals surface area contributed by atoms with Gasteiger partial charge in [0.1, 0.15) is 5.82 Å². The zero-order chi connectivity index (χ0) is 18.9. The molecule has 0 spiro atoms. The summed E-state index contributed by atoms with van der Waals surface area (Å²) in [5.41, 5.74) is 0.908. The summed E-state index contributed by atoms with van der Waals surface area (Å²) in [4.78, 5) is 16.9. The first-order chi connectivity index (χ1) is 12.3. The standard InChI is InChI=1S/C17H16FN3O3S2/c1-2-8-21-14-7-6-13(26(19,23)24)10-15(14)25-17(21)20-16(22)11-4-3-5-12(18)9-11/h3-7,9-10H,2,8H2,1H3,(H2,19,23,24). The van der Waals surface area contributed by atoms with E-state index >= 15 is 0 Å². The molecule has 1 heterocycles. The highest BCUT2D eigenvalue weighted by Gasteiger charge is 2.13. The van der Waals surface area contributed by atoms with Gasteiger partial charge in [-0.25, -0.2) is 17.9 Å². The first kappa shape index (κ1) is 18.4. The fourth-order valence-corrected chi connectivity index (χ4v) is 4.24. The van der Waals surface area contributed by atoms with Crippen molar-refractivity contribution in [1.29, 1.82) is 0 Å². The molecule has 136 valence electrons. The number of carbonyl (C=O) groups is 1. The second kappa shape index (κ2) is 7.10. The van der Waals surface area contributed by atoms with Crippen molar-refractivity contribution in [3.63, 3.8) is 0 Å². The highest BCUT2D eigenvalue weighted by atomic mass is 32.2. The number of aryl methyl sites for hydroxylation is 1. The van der Waals surface area contributed by atoms with Crippen molar-refractivity contribution in [1.82, 2.24) is 4.57 Å². The minimum Gasteiger partial charge on any atom is -0.316 e. The van der Waals surface area contributed by atoms with Crippen LogP contribution in [0.1, 0.15) is 23.7 Å². The van der Waals surface area contributed by atoms with Crippen molar-refractivity contribution in [2.45, 2.75) is 24.8 Å². The number of halogens is 1. The average molecular weight is 393 g/mol. The van der Waals surface area contributed by atoms with E-state index in [-0.39, 0.29) is 10.5 Å². The Labute approximate surface area is 153 Å². The van der Waals surface area contributed by atoms with Crippen LogP contribution in [0.15, 0.2) is 52.4 Å². The Balaban J connectivity index is 2.17. The molecule has 1 amide bonds. The van der Waals surface area contributed by atoms with Crippen molar-refractivity contribution < 1.29 is 17.6 Å². The minimum absolute atomic E-state index is 0.00194. The van der Waals surface area contributed by atoms with Crippen molar-refractivity contribution in [3.05, 3.63) is 58.6 Å². The maximum atomic E-state index is 13.3. The van der Waals surface area contributed by atoms with Gasteiger partial charge in [-0.1, -0.05) is 24.3 Å². The lowest BCUT2D eigenvalue weighted by molar-refractivity contribution is 0.0997. The molecule has 0 saturated carbocycles. The molecular weight excluding hydrogens is 377 g/mol. The highest BCUT2D eigenvalue weighted by molar-refractivity contribution is 7.89. The molecule has 0 aliphatic heterocycles. The van der Waals surface area contributed by atoms with E-state index in [1.807, 2.05) is 11.5 Å². The number of hydrogen-bond donors (Lipinski definition) is 1. The van der Waals surface area contributed by atoms with E-state index in [0.29, 0.717) is 16.0 Å². The van der Waals surface area contributed by atoms with Gasteiger partial charge in [0.15, 0.2) is 4.80 Å². The summed E-state index contributed by atoms with van der Waals surface area (Å²) in [5, 5.41) is 5.18. The number of nitrogens with two attached hydrogens (primary N) is 1. The Bertz CT molecular complexity index is 1160. The third-order valence-electron chi connectivity index (χ3n) is 3.70. The quantitative estimate of drug-likeness (QED) is 0.738. The molecule has 9 heteroatoms. The number of rotatable bonds is 4. The number of hydrogen-bond acceptors (Lipinski definition) is 4. The number of primary sulfonamides is 1. The van der Waals surface area contributed by atoms with E-state index < -0.39 is 21.7 Å². The van der Waals surface area contributed by atoms with E-state index in [9.17, 15) is 17.6 Å². The van der Waals surface area contributed by atoms with Crippen LogP contribution < -0.4 is 9.94 Å². The van der Waals surface area contributed by atoms with Crippen LogP contribution in [0, 0.1) is 5.82 Å². The molecule has 6 nitrogen and oxygen atoms in total. The Morgan fingerprint density at radius 2 is 2.04 bits per heavy atom. The maximum absolute atomic E-state index is 13.3. The SMILES string of the molecule is CCCn1c(=NC(=O)c2cccc(F)c2)sc2cc(S(N)(=O)=O)ccc21. The molecular formula is C17H16FN3O3S2. The zero-order valence-corrected chi connectivity index (χ0v) is 15.5. The Morgan fingerprint density at radius 3 is 2.69 bits per heavy atom. The molecule has 0 radical (unpaired) electrons. The topological polar surface area (TPSA) is 94.5 Å². The number of fused-ring (bicyclic) bond motifs is 1. The van der Waals surface area contributed by atoms with E-state index in [4.69, 9.17) is 5.14 Å². The van der Waals surface area contributed by atoms with Crippen LogP contribution in [-0.4, -0.2) is 18.9 Å². The van der Waals surface area contributed by atoms with Crippen molar-refractivity contribution >= 4 is 37.5 Å². The molecule has 2 N–H and O–H groups in total. The molecule has 3 aromatic rings. The molecule has 0 unspecified atom stereocenters. The third-order valence-corrected chi connectivity index (χ3v) is 5.65. The second-order valence-corrected chi connectivity index (χ2v) is 8.21. The summed E-state index contributed by atoms with van der Waals surface area (Å²) in [5.74, 6) is -1.07. The number of benzene rings is 2. The maximum Gasteiger partial charge on any atom is 0.279 e. The largest absolute Gasteiger partial charge is 0.316 e. The number of sulfonamides is 1. The summed E-state index contributed by atoms with van der Waals surface area (Å²) in [6.45, 7) is 2.58. The van der Waals surface area contributed by atoms with Gasteiger partial charge in [-0.2, -0.15) is 4.99 Å². The van der Waals surface area contributed by atoms with E-state index in [1.54, 1.807) is 6.07 Å². The molecule has 0 fully saturated rings. The lowest BCUT2D eigenvalue weighted by Gasteiger charge is -2.03. The Hall–Kier alpha value is -2.36. The molecule has 3 rings (SSSR count). The number of aromatic nitrogens is 1. The molecule has 0 bridgehead atoms. The molecule has 0 aliphatic rings. The van der Waals surface area contributed by atoms with Gasteiger partial charge in [-0.3, -0.25) is 4.79 Å². The van der Waals surface area contributed by atoms with Gasteiger partial charge in [-0.05, 0) is 42.8 Å². The number of nitrogens with zero attached hydrogens (tertiary/aromatic N) is 2. The first-order valence-electron chi connectivity index (χ1n) is 7.80.